The predicted octanol–water partition coefficient (Wildman–Crippen LogP) is 3.99. The van der Waals surface area contributed by atoms with E-state index in [2.05, 4.69) is 26.3 Å². The van der Waals surface area contributed by atoms with Crippen LogP contribution in [0.25, 0.3) is 33.6 Å². The van der Waals surface area contributed by atoms with Crippen molar-refractivity contribution in [3.63, 3.8) is 0 Å². The first-order chi connectivity index (χ1) is 15.6. The molecule has 0 unspecified atom stereocenters. The highest BCUT2D eigenvalue weighted by Gasteiger charge is 2.26. The van der Waals surface area contributed by atoms with Gasteiger partial charge in [-0.25, -0.2) is 9.97 Å². The summed E-state index contributed by atoms with van der Waals surface area (Å²) in [5.74, 6) is 1.67. The Morgan fingerprint density at radius 1 is 1.18 bits per heavy atom. The molecule has 1 aromatic carbocycles. The first-order valence-electron chi connectivity index (χ1n) is 11.5. The van der Waals surface area contributed by atoms with Crippen molar-refractivity contribution in [2.45, 2.75) is 38.3 Å². The van der Waals surface area contributed by atoms with Gasteiger partial charge in [0.15, 0.2) is 5.82 Å². The molecule has 1 saturated heterocycles. The van der Waals surface area contributed by atoms with E-state index < -0.39 is 0 Å². The van der Waals surface area contributed by atoms with Crippen LogP contribution in [0.2, 0.25) is 0 Å². The van der Waals surface area contributed by atoms with Crippen LogP contribution in [0.3, 0.4) is 0 Å². The van der Waals surface area contributed by atoms with Gasteiger partial charge >= 0.3 is 0 Å². The number of carbonyl (C=O) groups is 1. The number of amides is 1. The summed E-state index contributed by atoms with van der Waals surface area (Å²) in [5, 5.41) is 1.13. The normalized spacial score (nSPS) is 18.6. The van der Waals surface area contributed by atoms with Crippen LogP contribution in [0, 0.1) is 5.92 Å². The first-order valence-corrected chi connectivity index (χ1v) is 11.5. The predicted molar refractivity (Wildman–Crippen MR) is 133 cm³/mol. The van der Waals surface area contributed by atoms with Crippen LogP contribution in [-0.4, -0.2) is 49.0 Å². The number of imidazole rings is 1. The molecule has 0 bridgehead atoms. The van der Waals surface area contributed by atoms with E-state index in [4.69, 9.17) is 10.7 Å². The lowest BCUT2D eigenvalue weighted by Crippen LogP contribution is -2.45. The Bertz CT molecular complexity index is 1340. The Balaban J connectivity index is 0.00000228. The lowest BCUT2D eigenvalue weighted by molar-refractivity contribution is 0.0709. The second-order valence-electron chi connectivity index (χ2n) is 9.35. The molecule has 4 aromatic rings. The third kappa shape index (κ3) is 3.89. The van der Waals surface area contributed by atoms with Crippen LogP contribution < -0.4 is 5.73 Å². The molecule has 33 heavy (non-hydrogen) atoms. The molecule has 172 valence electrons. The number of piperidine rings is 1. The van der Waals surface area contributed by atoms with Crippen molar-refractivity contribution >= 4 is 40.4 Å². The molecule has 2 fully saturated rings. The third-order valence-corrected chi connectivity index (χ3v) is 6.90. The van der Waals surface area contributed by atoms with E-state index >= 15 is 0 Å². The molecule has 1 aliphatic heterocycles. The van der Waals surface area contributed by atoms with Crippen LogP contribution >= 0.6 is 12.4 Å². The quantitative estimate of drug-likeness (QED) is 0.495. The number of carbonyl (C=O) groups excluding carboxylic acids is 1. The maximum absolute atomic E-state index is 13.1. The van der Waals surface area contributed by atoms with Crippen LogP contribution in [0.4, 0.5) is 0 Å². The zero-order chi connectivity index (χ0) is 21.8. The van der Waals surface area contributed by atoms with E-state index in [-0.39, 0.29) is 24.4 Å². The number of fused-ring (bicyclic) bond motifs is 2. The molecule has 3 aromatic heterocycles. The van der Waals surface area contributed by atoms with E-state index in [0.717, 1.165) is 65.4 Å². The molecule has 8 heteroatoms. The number of hydrogen-bond acceptors (Lipinski definition) is 4. The number of halogens is 1. The van der Waals surface area contributed by atoms with Gasteiger partial charge in [0.1, 0.15) is 5.65 Å². The fourth-order valence-corrected chi connectivity index (χ4v) is 4.95. The van der Waals surface area contributed by atoms with Gasteiger partial charge < -0.3 is 19.8 Å². The number of benzene rings is 1. The monoisotopic (exact) mass is 464 g/mol. The largest absolute Gasteiger partial charge is 0.337 e. The van der Waals surface area contributed by atoms with Crippen molar-refractivity contribution in [1.82, 2.24) is 24.0 Å². The average Bonchev–Trinajstić information content (AvgIpc) is 3.48. The van der Waals surface area contributed by atoms with Gasteiger partial charge in [-0.05, 0) is 68.0 Å². The van der Waals surface area contributed by atoms with Crippen molar-refractivity contribution in [1.29, 1.82) is 0 Å². The minimum atomic E-state index is 0. The topological polar surface area (TPSA) is 82.0 Å². The number of rotatable bonds is 4. The molecule has 7 nitrogen and oxygen atoms in total. The van der Waals surface area contributed by atoms with Crippen LogP contribution in [0.5, 0.6) is 0 Å². The van der Waals surface area contributed by atoms with Crippen LogP contribution in [-0.2, 0) is 13.6 Å². The minimum Gasteiger partial charge on any atom is -0.337 e. The second-order valence-corrected chi connectivity index (χ2v) is 9.35. The minimum absolute atomic E-state index is 0. The standard InChI is InChI=1S/C25H28N6O.ClH/c1-29-21-9-8-18(25(32)30-11-3-5-19(26)15-30)12-20(21)28-24(29)22-13-17-4-2-10-27-23(17)31(22)14-16-6-7-16;/h2,4,8-10,12-13,16,19H,3,5-7,11,14-15,26H2,1H3;1H/t19-;/m1./s1. The molecule has 0 spiro atoms. The number of nitrogens with zero attached hydrogens (tertiary/aromatic N) is 5. The van der Waals surface area contributed by atoms with Gasteiger partial charge in [-0.3, -0.25) is 4.79 Å². The zero-order valence-electron chi connectivity index (χ0n) is 18.8. The Labute approximate surface area is 199 Å². The Morgan fingerprint density at radius 2 is 2.03 bits per heavy atom. The van der Waals surface area contributed by atoms with Gasteiger partial charge in [0, 0.05) is 49.9 Å². The van der Waals surface area contributed by atoms with E-state index in [1.807, 2.05) is 42.4 Å². The summed E-state index contributed by atoms with van der Waals surface area (Å²) in [6.45, 7) is 2.36. The molecule has 1 aliphatic carbocycles. The molecule has 6 rings (SSSR count). The number of aromatic nitrogens is 4. The van der Waals surface area contributed by atoms with E-state index in [1.54, 1.807) is 0 Å². The smallest absolute Gasteiger partial charge is 0.253 e. The van der Waals surface area contributed by atoms with Gasteiger partial charge in [0.2, 0.25) is 0 Å². The van der Waals surface area contributed by atoms with E-state index in [0.29, 0.717) is 12.1 Å². The van der Waals surface area contributed by atoms with E-state index in [1.165, 1.54) is 12.8 Å². The molecule has 0 radical (unpaired) electrons. The van der Waals surface area contributed by atoms with Gasteiger partial charge in [-0.1, -0.05) is 0 Å². The second kappa shape index (κ2) is 8.47. The van der Waals surface area contributed by atoms with Gasteiger partial charge in [-0.15, -0.1) is 12.4 Å². The fourth-order valence-electron chi connectivity index (χ4n) is 4.95. The third-order valence-electron chi connectivity index (χ3n) is 6.90. The fraction of sp³-hybridized carbons (Fsp3) is 0.400. The maximum atomic E-state index is 13.1. The molecule has 1 atom stereocenters. The van der Waals surface area contributed by atoms with E-state index in [9.17, 15) is 4.79 Å². The molecular weight excluding hydrogens is 436 g/mol. The Morgan fingerprint density at radius 3 is 2.82 bits per heavy atom. The van der Waals surface area contributed by atoms with Crippen molar-refractivity contribution in [2.75, 3.05) is 13.1 Å². The molecule has 1 amide bonds. The molecule has 4 heterocycles. The molecule has 1 saturated carbocycles. The summed E-state index contributed by atoms with van der Waals surface area (Å²) < 4.78 is 4.44. The van der Waals surface area contributed by atoms with Crippen molar-refractivity contribution in [3.05, 3.63) is 48.2 Å². The number of aryl methyl sites for hydroxylation is 1. The number of pyridine rings is 1. The summed E-state index contributed by atoms with van der Waals surface area (Å²) in [5.41, 5.74) is 10.7. The lowest BCUT2D eigenvalue weighted by atomic mass is 10.1. The number of likely N-dealkylation sites (tertiary alicyclic amines) is 1. The highest BCUT2D eigenvalue weighted by atomic mass is 35.5. The average molecular weight is 465 g/mol. The zero-order valence-corrected chi connectivity index (χ0v) is 19.6. The molecular formula is C25H29ClN6O. The SMILES string of the molecule is Cl.Cn1c(-c2cc3cccnc3n2CC2CC2)nc2cc(C(=O)N3CCC[C@@H](N)C3)ccc21. The van der Waals surface area contributed by atoms with Crippen molar-refractivity contribution < 1.29 is 4.79 Å². The van der Waals surface area contributed by atoms with Crippen LogP contribution in [0.1, 0.15) is 36.0 Å². The summed E-state index contributed by atoms with van der Waals surface area (Å²) in [7, 11) is 2.04. The van der Waals surface area contributed by atoms with Crippen LogP contribution in [0.15, 0.2) is 42.6 Å². The summed E-state index contributed by atoms with van der Waals surface area (Å²) in [6, 6.07) is 12.2. The van der Waals surface area contributed by atoms with Crippen molar-refractivity contribution in [3.8, 4) is 11.5 Å². The first kappa shape index (κ1) is 21.9. The lowest BCUT2D eigenvalue weighted by Gasteiger charge is -2.30. The van der Waals surface area contributed by atoms with Gasteiger partial charge in [0.25, 0.3) is 5.91 Å². The summed E-state index contributed by atoms with van der Waals surface area (Å²) >= 11 is 0. The van der Waals surface area contributed by atoms with Gasteiger partial charge in [-0.2, -0.15) is 0 Å². The Kier molecular flexibility index (Phi) is 5.62. The highest BCUT2D eigenvalue weighted by molar-refractivity contribution is 5.98. The maximum Gasteiger partial charge on any atom is 0.253 e. The molecule has 2 N–H and O–H groups in total. The summed E-state index contributed by atoms with van der Waals surface area (Å²) in [6.07, 6.45) is 6.35. The number of hydrogen-bond donors (Lipinski definition) is 1. The summed E-state index contributed by atoms with van der Waals surface area (Å²) in [4.78, 5) is 24.6. The highest BCUT2D eigenvalue weighted by Crippen LogP contribution is 2.36. The van der Waals surface area contributed by atoms with Crippen molar-refractivity contribution in [2.24, 2.45) is 18.7 Å². The Hall–Kier alpha value is -2.90. The molecule has 2 aliphatic rings. The number of nitrogens with two attached hydrogens (primary N) is 1. The van der Waals surface area contributed by atoms with Gasteiger partial charge in [0.05, 0.1) is 16.7 Å².